The van der Waals surface area contributed by atoms with Crippen LogP contribution in [0.25, 0.3) is 0 Å². The Morgan fingerprint density at radius 1 is 1.06 bits per heavy atom. The SMILES string of the molecule is CCC(NC(=O)CN(c1cccc(C)c1)S(=O)(=O)c1ccc(Cl)cc1)c1ccc(OC)cc1. The molecule has 0 saturated heterocycles. The molecular weight excluding hydrogens is 460 g/mol. The van der Waals surface area contributed by atoms with Crippen molar-refractivity contribution in [2.45, 2.75) is 31.2 Å². The number of rotatable bonds is 9. The summed E-state index contributed by atoms with van der Waals surface area (Å²) >= 11 is 5.93. The summed E-state index contributed by atoms with van der Waals surface area (Å²) in [7, 11) is -2.41. The molecule has 3 aromatic carbocycles. The van der Waals surface area contributed by atoms with E-state index in [4.69, 9.17) is 16.3 Å². The van der Waals surface area contributed by atoms with Gasteiger partial charge in [-0.05, 0) is 73.0 Å². The number of nitrogens with one attached hydrogen (secondary N) is 1. The van der Waals surface area contributed by atoms with Gasteiger partial charge < -0.3 is 10.1 Å². The molecule has 3 aromatic rings. The highest BCUT2D eigenvalue weighted by Gasteiger charge is 2.28. The number of nitrogens with zero attached hydrogens (tertiary/aromatic N) is 1. The van der Waals surface area contributed by atoms with E-state index in [-0.39, 0.29) is 17.5 Å². The second-order valence-electron chi connectivity index (χ2n) is 7.61. The van der Waals surface area contributed by atoms with Crippen LogP contribution < -0.4 is 14.4 Å². The lowest BCUT2D eigenvalue weighted by molar-refractivity contribution is -0.120. The number of sulfonamides is 1. The highest BCUT2D eigenvalue weighted by molar-refractivity contribution is 7.92. The monoisotopic (exact) mass is 486 g/mol. The number of ether oxygens (including phenoxy) is 1. The van der Waals surface area contributed by atoms with Gasteiger partial charge in [-0.1, -0.05) is 42.8 Å². The highest BCUT2D eigenvalue weighted by atomic mass is 35.5. The third-order valence-corrected chi connectivity index (χ3v) is 7.28. The van der Waals surface area contributed by atoms with Crippen molar-refractivity contribution >= 4 is 33.2 Å². The van der Waals surface area contributed by atoms with Gasteiger partial charge in [-0.25, -0.2) is 8.42 Å². The Morgan fingerprint density at radius 3 is 2.30 bits per heavy atom. The van der Waals surface area contributed by atoms with Crippen molar-refractivity contribution in [3.63, 3.8) is 0 Å². The van der Waals surface area contributed by atoms with E-state index < -0.39 is 15.9 Å². The van der Waals surface area contributed by atoms with Crippen LogP contribution in [0, 0.1) is 6.92 Å². The third-order valence-electron chi connectivity index (χ3n) is 5.24. The second kappa shape index (κ2) is 10.7. The maximum atomic E-state index is 13.5. The van der Waals surface area contributed by atoms with E-state index in [0.717, 1.165) is 21.2 Å². The largest absolute Gasteiger partial charge is 0.497 e. The summed E-state index contributed by atoms with van der Waals surface area (Å²) in [6, 6.07) is 20.1. The van der Waals surface area contributed by atoms with Crippen LogP contribution in [0.1, 0.15) is 30.5 Å². The molecule has 1 amide bonds. The number of methoxy groups -OCH3 is 1. The lowest BCUT2D eigenvalue weighted by Crippen LogP contribution is -2.42. The molecule has 6 nitrogen and oxygen atoms in total. The first-order valence-electron chi connectivity index (χ1n) is 10.5. The Morgan fingerprint density at radius 2 is 1.73 bits per heavy atom. The minimum Gasteiger partial charge on any atom is -0.497 e. The van der Waals surface area contributed by atoms with Crippen molar-refractivity contribution in [1.29, 1.82) is 0 Å². The number of aryl methyl sites for hydroxylation is 1. The van der Waals surface area contributed by atoms with Gasteiger partial charge in [-0.2, -0.15) is 0 Å². The Balaban J connectivity index is 1.89. The zero-order valence-electron chi connectivity index (χ0n) is 18.8. The minimum absolute atomic E-state index is 0.0587. The first kappa shape index (κ1) is 24.6. The van der Waals surface area contributed by atoms with E-state index in [9.17, 15) is 13.2 Å². The molecule has 3 rings (SSSR count). The summed E-state index contributed by atoms with van der Waals surface area (Å²) < 4.78 is 33.3. The second-order valence-corrected chi connectivity index (χ2v) is 9.90. The van der Waals surface area contributed by atoms with Gasteiger partial charge in [0.2, 0.25) is 5.91 Å². The summed E-state index contributed by atoms with van der Waals surface area (Å²) in [5.74, 6) is 0.316. The van der Waals surface area contributed by atoms with Crippen LogP contribution in [0.5, 0.6) is 5.75 Å². The minimum atomic E-state index is -4.00. The van der Waals surface area contributed by atoms with E-state index in [2.05, 4.69) is 5.32 Å². The van der Waals surface area contributed by atoms with Gasteiger partial charge in [-0.15, -0.1) is 0 Å². The molecule has 33 heavy (non-hydrogen) atoms. The number of benzene rings is 3. The van der Waals surface area contributed by atoms with E-state index >= 15 is 0 Å². The molecular formula is C25H27ClN2O4S. The van der Waals surface area contributed by atoms with Crippen LogP contribution in [0.15, 0.2) is 77.7 Å². The normalized spacial score (nSPS) is 12.1. The number of anilines is 1. The van der Waals surface area contributed by atoms with Crippen LogP contribution in [-0.2, 0) is 14.8 Å². The fraction of sp³-hybridized carbons (Fsp3) is 0.240. The first-order valence-corrected chi connectivity index (χ1v) is 12.3. The van der Waals surface area contributed by atoms with Crippen molar-refractivity contribution in [2.75, 3.05) is 18.0 Å². The Kier molecular flexibility index (Phi) is 8.00. The molecule has 174 valence electrons. The molecule has 0 aromatic heterocycles. The zero-order chi connectivity index (χ0) is 24.0. The third kappa shape index (κ3) is 6.06. The van der Waals surface area contributed by atoms with Gasteiger partial charge in [0.25, 0.3) is 10.0 Å². The topological polar surface area (TPSA) is 75.7 Å². The molecule has 8 heteroatoms. The van der Waals surface area contributed by atoms with Gasteiger partial charge in [-0.3, -0.25) is 9.10 Å². The van der Waals surface area contributed by atoms with Crippen LogP contribution >= 0.6 is 11.6 Å². The maximum Gasteiger partial charge on any atom is 0.264 e. The molecule has 0 aliphatic carbocycles. The van der Waals surface area contributed by atoms with Gasteiger partial charge >= 0.3 is 0 Å². The van der Waals surface area contributed by atoms with E-state index in [1.54, 1.807) is 25.3 Å². The molecule has 0 bridgehead atoms. The molecule has 1 N–H and O–H groups in total. The van der Waals surface area contributed by atoms with Crippen LogP contribution in [0.4, 0.5) is 5.69 Å². The molecule has 0 heterocycles. The van der Waals surface area contributed by atoms with Crippen molar-refractivity contribution in [3.8, 4) is 5.75 Å². The summed E-state index contributed by atoms with van der Waals surface area (Å²) in [6.07, 6.45) is 0.645. The number of halogens is 1. The molecule has 0 saturated carbocycles. The predicted octanol–water partition coefficient (Wildman–Crippen LogP) is 5.12. The van der Waals surface area contributed by atoms with E-state index in [1.165, 1.54) is 24.3 Å². The van der Waals surface area contributed by atoms with Crippen molar-refractivity contribution in [1.82, 2.24) is 5.32 Å². The number of carbonyl (C=O) groups excluding carboxylic acids is 1. The molecule has 0 spiro atoms. The zero-order valence-corrected chi connectivity index (χ0v) is 20.4. The molecule has 0 fully saturated rings. The molecule has 1 unspecified atom stereocenters. The number of carbonyl (C=O) groups is 1. The number of amides is 1. The predicted molar refractivity (Wildman–Crippen MR) is 131 cm³/mol. The molecule has 1 atom stereocenters. The number of hydrogen-bond acceptors (Lipinski definition) is 4. The maximum absolute atomic E-state index is 13.5. The van der Waals surface area contributed by atoms with Gasteiger partial charge in [0, 0.05) is 5.02 Å². The summed E-state index contributed by atoms with van der Waals surface area (Å²) in [4.78, 5) is 13.1. The summed E-state index contributed by atoms with van der Waals surface area (Å²) in [6.45, 7) is 3.46. The summed E-state index contributed by atoms with van der Waals surface area (Å²) in [5, 5.41) is 3.39. The van der Waals surface area contributed by atoms with Crippen LogP contribution in [0.3, 0.4) is 0 Å². The Bertz CT molecular complexity index is 1200. The quantitative estimate of drug-likeness (QED) is 0.455. The van der Waals surface area contributed by atoms with E-state index in [1.807, 2.05) is 44.2 Å². The fourth-order valence-electron chi connectivity index (χ4n) is 3.46. The van der Waals surface area contributed by atoms with Gasteiger partial charge in [0.1, 0.15) is 12.3 Å². The van der Waals surface area contributed by atoms with Crippen molar-refractivity contribution < 1.29 is 17.9 Å². The highest BCUT2D eigenvalue weighted by Crippen LogP contribution is 2.26. The smallest absolute Gasteiger partial charge is 0.264 e. The average Bonchev–Trinajstić information content (AvgIpc) is 2.81. The fourth-order valence-corrected chi connectivity index (χ4v) is 5.00. The van der Waals surface area contributed by atoms with Crippen molar-refractivity contribution in [3.05, 3.63) is 88.9 Å². The van der Waals surface area contributed by atoms with Crippen molar-refractivity contribution in [2.24, 2.45) is 0 Å². The Hall–Kier alpha value is -3.03. The summed E-state index contributed by atoms with van der Waals surface area (Å²) in [5.41, 5.74) is 2.21. The number of hydrogen-bond donors (Lipinski definition) is 1. The van der Waals surface area contributed by atoms with Gasteiger partial charge in [0.05, 0.1) is 23.7 Å². The van der Waals surface area contributed by atoms with E-state index in [0.29, 0.717) is 17.1 Å². The van der Waals surface area contributed by atoms with Crippen LogP contribution in [-0.4, -0.2) is 28.0 Å². The molecule has 0 aliphatic heterocycles. The Labute approximate surface area is 200 Å². The molecule has 0 radical (unpaired) electrons. The van der Waals surface area contributed by atoms with Crippen LogP contribution in [0.2, 0.25) is 5.02 Å². The van der Waals surface area contributed by atoms with Gasteiger partial charge in [0.15, 0.2) is 0 Å². The first-order chi connectivity index (χ1) is 15.7. The lowest BCUT2D eigenvalue weighted by atomic mass is 10.0. The molecule has 0 aliphatic rings. The standard InChI is InChI=1S/C25H27ClN2O4S/c1-4-24(19-8-12-22(32-3)13-9-19)27-25(29)17-28(21-7-5-6-18(2)16-21)33(30,31)23-14-10-20(26)11-15-23/h5-16,24H,4,17H2,1-3H3,(H,27,29). The average molecular weight is 487 g/mol. The lowest BCUT2D eigenvalue weighted by Gasteiger charge is -2.26.